The van der Waals surface area contributed by atoms with Gasteiger partial charge in [0.25, 0.3) is 5.56 Å². The number of esters is 1. The minimum absolute atomic E-state index is 0.111. The Morgan fingerprint density at radius 3 is 2.81 bits per heavy atom. The molecule has 0 aromatic carbocycles. The number of rotatable bonds is 9. The van der Waals surface area contributed by atoms with Crippen molar-refractivity contribution in [1.82, 2.24) is 24.5 Å². The molecule has 9 nitrogen and oxygen atoms in total. The molecule has 0 spiro atoms. The number of ether oxygens (including phenoxy) is 1. The summed E-state index contributed by atoms with van der Waals surface area (Å²) in [5.41, 5.74) is 3.44. The Labute approximate surface area is 216 Å². The van der Waals surface area contributed by atoms with E-state index in [1.54, 1.807) is 36.2 Å². The predicted molar refractivity (Wildman–Crippen MR) is 139 cm³/mol. The van der Waals surface area contributed by atoms with Gasteiger partial charge in [-0.25, -0.2) is 14.1 Å². The van der Waals surface area contributed by atoms with Gasteiger partial charge in [-0.15, -0.1) is 5.10 Å². The third kappa shape index (κ3) is 6.06. The van der Waals surface area contributed by atoms with Gasteiger partial charge in [0.1, 0.15) is 5.69 Å². The maximum Gasteiger partial charge on any atom is 0.306 e. The Balaban J connectivity index is 1.60. The number of halogens is 1. The summed E-state index contributed by atoms with van der Waals surface area (Å²) in [4.78, 5) is 31.2. The Hall–Kier alpha value is -3.56. The first-order valence-corrected chi connectivity index (χ1v) is 13.0. The van der Waals surface area contributed by atoms with E-state index in [0.717, 1.165) is 31.2 Å². The Bertz CT molecular complexity index is 1290. The van der Waals surface area contributed by atoms with Crippen LogP contribution in [0, 0.1) is 18.7 Å². The second-order valence-electron chi connectivity index (χ2n) is 9.65. The van der Waals surface area contributed by atoms with E-state index in [2.05, 4.69) is 17.2 Å². The van der Waals surface area contributed by atoms with Crippen LogP contribution in [0.2, 0.25) is 0 Å². The predicted octanol–water partition coefficient (Wildman–Crippen LogP) is 3.66. The fourth-order valence-electron chi connectivity index (χ4n) is 5.07. The first-order chi connectivity index (χ1) is 17.8. The van der Waals surface area contributed by atoms with E-state index >= 15 is 4.39 Å². The summed E-state index contributed by atoms with van der Waals surface area (Å²) in [6, 6.07) is 4.81. The molecular formula is C27H35FN6O3. The van der Waals surface area contributed by atoms with Crippen molar-refractivity contribution in [2.24, 2.45) is 13.0 Å². The van der Waals surface area contributed by atoms with E-state index in [-0.39, 0.29) is 24.0 Å². The highest BCUT2D eigenvalue weighted by molar-refractivity contribution is 5.70. The lowest BCUT2D eigenvalue weighted by atomic mass is 9.94. The third-order valence-electron chi connectivity index (χ3n) is 6.81. The van der Waals surface area contributed by atoms with E-state index in [1.165, 1.54) is 6.07 Å². The number of aromatic nitrogens is 5. The number of piperidine rings is 1. The standard InChI is InChI=1S/C27H35FN6O3/c1-5-8-19-10-11-24(35)34(15-19)17-23-26(30-31-32(23)4)22-14-21(28)27(18(3)29-22)33-12-7-9-20(16-33)13-25(36)37-6-2/h10-11,14-15,20H,5-9,12-13,16-17H2,1-4H3. The zero-order valence-corrected chi connectivity index (χ0v) is 22.0. The summed E-state index contributed by atoms with van der Waals surface area (Å²) in [5, 5.41) is 8.40. The van der Waals surface area contributed by atoms with Crippen LogP contribution >= 0.6 is 0 Å². The highest BCUT2D eigenvalue weighted by Crippen LogP contribution is 2.32. The number of hydrogen-bond acceptors (Lipinski definition) is 7. The summed E-state index contributed by atoms with van der Waals surface area (Å²) in [5.74, 6) is -0.493. The molecule has 3 aromatic heterocycles. The maximum atomic E-state index is 15.6. The summed E-state index contributed by atoms with van der Waals surface area (Å²) < 4.78 is 23.9. The SMILES string of the molecule is CCCc1ccc(=O)n(Cc2c(-c3cc(F)c(N4CCCC(CC(=O)OCC)C4)c(C)n3)nnn2C)c1. The Morgan fingerprint density at radius 1 is 1.27 bits per heavy atom. The van der Waals surface area contributed by atoms with Crippen molar-refractivity contribution in [1.29, 1.82) is 0 Å². The molecule has 4 rings (SSSR count). The van der Waals surface area contributed by atoms with Crippen molar-refractivity contribution < 1.29 is 13.9 Å². The zero-order chi connectivity index (χ0) is 26.5. The zero-order valence-electron chi connectivity index (χ0n) is 22.0. The van der Waals surface area contributed by atoms with Gasteiger partial charge in [-0.05, 0) is 44.6 Å². The number of carbonyl (C=O) groups is 1. The average molecular weight is 511 g/mol. The number of anilines is 1. The van der Waals surface area contributed by atoms with Crippen LogP contribution < -0.4 is 10.5 Å². The van der Waals surface area contributed by atoms with Crippen LogP contribution in [-0.2, 0) is 29.5 Å². The van der Waals surface area contributed by atoms with Crippen LogP contribution in [0.4, 0.5) is 10.1 Å². The highest BCUT2D eigenvalue weighted by atomic mass is 19.1. The molecular weight excluding hydrogens is 475 g/mol. The molecule has 198 valence electrons. The third-order valence-corrected chi connectivity index (χ3v) is 6.81. The lowest BCUT2D eigenvalue weighted by Crippen LogP contribution is -2.37. The van der Waals surface area contributed by atoms with Crippen LogP contribution in [0.3, 0.4) is 0 Å². The number of carbonyl (C=O) groups excluding carboxylic acids is 1. The van der Waals surface area contributed by atoms with E-state index in [0.29, 0.717) is 54.6 Å². The quantitative estimate of drug-likeness (QED) is 0.406. The monoisotopic (exact) mass is 510 g/mol. The number of aryl methyl sites for hydroxylation is 3. The van der Waals surface area contributed by atoms with Crippen molar-refractivity contribution >= 4 is 11.7 Å². The molecule has 4 heterocycles. The van der Waals surface area contributed by atoms with Gasteiger partial charge in [0.15, 0.2) is 5.82 Å². The average Bonchev–Trinajstić information content (AvgIpc) is 3.21. The topological polar surface area (TPSA) is 95.1 Å². The van der Waals surface area contributed by atoms with Crippen LogP contribution in [0.25, 0.3) is 11.4 Å². The Kier molecular flexibility index (Phi) is 8.35. The van der Waals surface area contributed by atoms with Gasteiger partial charge in [0.05, 0.1) is 42.3 Å². The van der Waals surface area contributed by atoms with Gasteiger partial charge in [-0.3, -0.25) is 9.59 Å². The molecule has 1 aliphatic rings. The van der Waals surface area contributed by atoms with Crippen LogP contribution in [0.15, 0.2) is 29.2 Å². The normalized spacial score (nSPS) is 15.7. The second-order valence-corrected chi connectivity index (χ2v) is 9.65. The molecule has 1 saturated heterocycles. The van der Waals surface area contributed by atoms with Crippen molar-refractivity contribution in [2.75, 3.05) is 24.6 Å². The second kappa shape index (κ2) is 11.7. The minimum atomic E-state index is -0.391. The van der Waals surface area contributed by atoms with Gasteiger partial charge in [-0.2, -0.15) is 0 Å². The number of pyridine rings is 2. The summed E-state index contributed by atoms with van der Waals surface area (Å²) >= 11 is 0. The van der Waals surface area contributed by atoms with Crippen molar-refractivity contribution in [3.05, 3.63) is 57.5 Å². The van der Waals surface area contributed by atoms with Gasteiger partial charge in [0.2, 0.25) is 0 Å². The maximum absolute atomic E-state index is 15.6. The fourth-order valence-corrected chi connectivity index (χ4v) is 5.07. The van der Waals surface area contributed by atoms with Gasteiger partial charge < -0.3 is 14.2 Å². The molecule has 0 radical (unpaired) electrons. The lowest BCUT2D eigenvalue weighted by Gasteiger charge is -2.35. The Morgan fingerprint density at radius 2 is 2.08 bits per heavy atom. The molecule has 0 N–H and O–H groups in total. The summed E-state index contributed by atoms with van der Waals surface area (Å²) in [6.45, 7) is 7.55. The van der Waals surface area contributed by atoms with Crippen LogP contribution in [0.5, 0.6) is 0 Å². The molecule has 1 fully saturated rings. The van der Waals surface area contributed by atoms with E-state index < -0.39 is 5.82 Å². The molecule has 1 aliphatic heterocycles. The summed E-state index contributed by atoms with van der Waals surface area (Å²) in [7, 11) is 1.75. The highest BCUT2D eigenvalue weighted by Gasteiger charge is 2.27. The van der Waals surface area contributed by atoms with Crippen LogP contribution in [-0.4, -0.2) is 50.2 Å². The van der Waals surface area contributed by atoms with Gasteiger partial charge >= 0.3 is 5.97 Å². The molecule has 3 aromatic rings. The lowest BCUT2D eigenvalue weighted by molar-refractivity contribution is -0.144. The molecule has 0 amide bonds. The summed E-state index contributed by atoms with van der Waals surface area (Å²) in [6.07, 6.45) is 5.81. The van der Waals surface area contributed by atoms with Crippen molar-refractivity contribution in [3.63, 3.8) is 0 Å². The fraction of sp³-hybridized carbons (Fsp3) is 0.519. The molecule has 0 bridgehead atoms. The number of nitrogens with zero attached hydrogens (tertiary/aromatic N) is 6. The smallest absolute Gasteiger partial charge is 0.306 e. The largest absolute Gasteiger partial charge is 0.466 e. The minimum Gasteiger partial charge on any atom is -0.466 e. The van der Waals surface area contributed by atoms with Crippen molar-refractivity contribution in [2.45, 2.75) is 59.4 Å². The molecule has 10 heteroatoms. The molecule has 0 aliphatic carbocycles. The van der Waals surface area contributed by atoms with E-state index in [1.807, 2.05) is 17.2 Å². The van der Waals surface area contributed by atoms with E-state index in [9.17, 15) is 9.59 Å². The van der Waals surface area contributed by atoms with Gasteiger partial charge in [-0.1, -0.05) is 24.6 Å². The van der Waals surface area contributed by atoms with Crippen LogP contribution in [0.1, 0.15) is 56.5 Å². The first kappa shape index (κ1) is 26.5. The first-order valence-electron chi connectivity index (χ1n) is 13.0. The van der Waals surface area contributed by atoms with Crippen molar-refractivity contribution in [3.8, 4) is 11.4 Å². The molecule has 1 unspecified atom stereocenters. The van der Waals surface area contributed by atoms with E-state index in [4.69, 9.17) is 9.72 Å². The molecule has 0 saturated carbocycles. The number of hydrogen-bond donors (Lipinski definition) is 0. The van der Waals surface area contributed by atoms with Gasteiger partial charge in [0, 0.05) is 38.5 Å². The molecule has 1 atom stereocenters. The molecule has 37 heavy (non-hydrogen) atoms.